The maximum Gasteiger partial charge on any atom is 0.310 e. The van der Waals surface area contributed by atoms with Crippen LogP contribution in [-0.2, 0) is 23.4 Å². The van der Waals surface area contributed by atoms with Gasteiger partial charge in [-0.1, -0.05) is 59.1 Å². The van der Waals surface area contributed by atoms with E-state index in [1.54, 1.807) is 7.11 Å². The highest BCUT2D eigenvalue weighted by Gasteiger charge is 2.69. The summed E-state index contributed by atoms with van der Waals surface area (Å²) < 4.78 is 25.8. The molecule has 4 aliphatic rings. The lowest BCUT2D eigenvalue weighted by molar-refractivity contribution is -0.270. The minimum absolute atomic E-state index is 0.0401. The maximum absolute atomic E-state index is 12.7. The molecule has 0 aromatic heterocycles. The Hall–Kier alpha value is -0.733. The molecule has 0 spiro atoms. The zero-order chi connectivity index (χ0) is 23.3. The average molecular weight is 467 g/mol. The summed E-state index contributed by atoms with van der Waals surface area (Å²) in [4.78, 5) is 12.7. The molecule has 32 heavy (non-hydrogen) atoms. The maximum atomic E-state index is 12.7. The second-order valence-corrected chi connectivity index (χ2v) is 15.8. The van der Waals surface area contributed by atoms with Crippen LogP contribution in [0.5, 0.6) is 0 Å². The lowest BCUT2D eigenvalue weighted by atomic mass is 9.63. The molecule has 2 bridgehead atoms. The van der Waals surface area contributed by atoms with Crippen LogP contribution >= 0.6 is 0 Å². The Kier molecular flexibility index (Phi) is 6.71. The third-order valence-corrected chi connectivity index (χ3v) is 14.7. The summed E-state index contributed by atoms with van der Waals surface area (Å²) in [6.45, 7) is 13.6. The third-order valence-electron chi connectivity index (χ3n) is 9.41. The van der Waals surface area contributed by atoms with Crippen molar-refractivity contribution in [2.45, 2.75) is 115 Å². The van der Waals surface area contributed by atoms with Crippen molar-refractivity contribution in [3.8, 4) is 0 Å². The van der Waals surface area contributed by atoms with E-state index in [4.69, 9.17) is 18.6 Å². The Morgan fingerprint density at radius 3 is 2.41 bits per heavy atom. The van der Waals surface area contributed by atoms with Gasteiger partial charge in [-0.25, -0.2) is 0 Å². The summed E-state index contributed by atoms with van der Waals surface area (Å²) in [5.41, 5.74) is 0.0547. The van der Waals surface area contributed by atoms with Gasteiger partial charge in [-0.3, -0.25) is 4.79 Å². The van der Waals surface area contributed by atoms with Crippen molar-refractivity contribution in [1.29, 1.82) is 0 Å². The van der Waals surface area contributed by atoms with Crippen LogP contribution in [0.2, 0.25) is 17.6 Å². The Balaban J connectivity index is 1.74. The lowest BCUT2D eigenvalue weighted by Crippen LogP contribution is -2.59. The molecule has 1 unspecified atom stereocenters. The fourth-order valence-corrected chi connectivity index (χ4v) is 11.2. The smallest absolute Gasteiger partial charge is 0.310 e. The molecule has 2 heterocycles. The Morgan fingerprint density at radius 2 is 1.88 bits per heavy atom. The molecular weight excluding hydrogens is 424 g/mol. The van der Waals surface area contributed by atoms with Crippen LogP contribution in [0.1, 0.15) is 72.6 Å². The van der Waals surface area contributed by atoms with E-state index in [2.05, 4.69) is 34.3 Å². The number of carboxylic acid groups (broad SMARTS) is 1. The predicted molar refractivity (Wildman–Crippen MR) is 125 cm³/mol. The van der Waals surface area contributed by atoms with Crippen LogP contribution < -0.4 is 0 Å². The Labute approximate surface area is 194 Å². The minimum Gasteiger partial charge on any atom is -0.481 e. The first-order valence-electron chi connectivity index (χ1n) is 12.7. The normalized spacial score (nSPS) is 38.8. The van der Waals surface area contributed by atoms with E-state index in [1.165, 1.54) is 0 Å². The number of rotatable bonds is 8. The molecular formula is C25H42O6Si. The summed E-state index contributed by atoms with van der Waals surface area (Å²) in [6.07, 6.45) is 4.71. The highest BCUT2D eigenvalue weighted by molar-refractivity contribution is 6.75. The van der Waals surface area contributed by atoms with E-state index in [0.717, 1.165) is 43.3 Å². The zero-order valence-corrected chi connectivity index (χ0v) is 21.5. The second kappa shape index (κ2) is 8.80. The molecule has 0 amide bonds. The second-order valence-electron chi connectivity index (χ2n) is 10.9. The molecule has 4 rings (SSSR count). The van der Waals surface area contributed by atoms with Gasteiger partial charge in [0.1, 0.15) is 5.60 Å². The molecule has 1 N–H and O–H groups in total. The number of fused-ring (bicyclic) bond motifs is 4. The first kappa shape index (κ1) is 24.4. The van der Waals surface area contributed by atoms with Gasteiger partial charge in [0, 0.05) is 25.4 Å². The average Bonchev–Trinajstić information content (AvgIpc) is 3.29. The summed E-state index contributed by atoms with van der Waals surface area (Å²) >= 11 is 0. The topological polar surface area (TPSA) is 74.2 Å². The van der Waals surface area contributed by atoms with Crippen LogP contribution in [0.15, 0.2) is 12.2 Å². The largest absolute Gasteiger partial charge is 0.481 e. The molecule has 4 fully saturated rings. The number of carboxylic acids is 1. The van der Waals surface area contributed by atoms with Gasteiger partial charge in [-0.05, 0) is 36.9 Å². The fraction of sp³-hybridized carbons (Fsp3) is 0.880. The van der Waals surface area contributed by atoms with Crippen LogP contribution in [0.3, 0.4) is 0 Å². The van der Waals surface area contributed by atoms with Crippen LogP contribution in [-0.4, -0.2) is 50.8 Å². The van der Waals surface area contributed by atoms with Crippen molar-refractivity contribution in [2.24, 2.45) is 17.3 Å². The van der Waals surface area contributed by atoms with E-state index in [1.807, 2.05) is 0 Å². The van der Waals surface area contributed by atoms with Crippen LogP contribution in [0.4, 0.5) is 0 Å². The van der Waals surface area contributed by atoms with Gasteiger partial charge < -0.3 is 23.7 Å². The third kappa shape index (κ3) is 3.46. The molecule has 6 nitrogen and oxygen atoms in total. The highest BCUT2D eigenvalue weighted by Crippen LogP contribution is 2.63. The number of ether oxygens (including phenoxy) is 3. The first-order valence-corrected chi connectivity index (χ1v) is 15.1. The van der Waals surface area contributed by atoms with Crippen molar-refractivity contribution in [3.05, 3.63) is 12.2 Å². The number of hydrogen-bond acceptors (Lipinski definition) is 5. The van der Waals surface area contributed by atoms with Gasteiger partial charge >= 0.3 is 5.97 Å². The summed E-state index contributed by atoms with van der Waals surface area (Å²) in [5, 5.41) is 10.4. The first-order chi connectivity index (χ1) is 15.2. The van der Waals surface area contributed by atoms with E-state index in [0.29, 0.717) is 24.8 Å². The van der Waals surface area contributed by atoms with Crippen molar-refractivity contribution in [1.82, 2.24) is 0 Å². The molecule has 182 valence electrons. The monoisotopic (exact) mass is 466 g/mol. The number of aliphatic carboxylic acids is 1. The van der Waals surface area contributed by atoms with E-state index < -0.39 is 31.6 Å². The van der Waals surface area contributed by atoms with E-state index in [-0.39, 0.29) is 24.2 Å². The van der Waals surface area contributed by atoms with Gasteiger partial charge in [0.05, 0.1) is 11.5 Å². The summed E-state index contributed by atoms with van der Waals surface area (Å²) in [5.74, 6) is -0.832. The van der Waals surface area contributed by atoms with Crippen molar-refractivity contribution < 1.29 is 28.5 Å². The molecule has 6 atom stereocenters. The molecule has 2 aliphatic carbocycles. The van der Waals surface area contributed by atoms with Crippen molar-refractivity contribution in [3.63, 3.8) is 0 Å². The summed E-state index contributed by atoms with van der Waals surface area (Å²) in [7, 11) is -0.423. The molecule has 7 heteroatoms. The number of methoxy groups -OCH3 is 1. The Morgan fingerprint density at radius 1 is 1.22 bits per heavy atom. The lowest BCUT2D eigenvalue weighted by Gasteiger charge is -2.49. The van der Waals surface area contributed by atoms with Gasteiger partial charge in [0.2, 0.25) is 0 Å². The molecule has 0 aromatic carbocycles. The molecule has 2 saturated heterocycles. The predicted octanol–water partition coefficient (Wildman–Crippen LogP) is 5.48. The number of hydrogen-bond donors (Lipinski definition) is 1. The van der Waals surface area contributed by atoms with E-state index in [9.17, 15) is 9.90 Å². The van der Waals surface area contributed by atoms with Gasteiger partial charge in [0.25, 0.3) is 0 Å². The molecule has 2 saturated carbocycles. The standard InChI is InChI=1S/C25H42O6Si/c1-7-32(8-2,16(3)4)31-25-15-20(28-6)30-23(25)29-19-14-18(25)17(5)21(19)24(22(26)27)12-10-9-11-13-24/h16,18-21,23H,5,7-15H2,1-4,6H3,(H,26,27)/t18-,19+,20+,21?,23-,25+/m1/s1. The minimum atomic E-state index is -2.09. The quantitative estimate of drug-likeness (QED) is 0.377. The summed E-state index contributed by atoms with van der Waals surface area (Å²) in [6, 6.07) is 2.05. The van der Waals surface area contributed by atoms with Gasteiger partial charge in [0.15, 0.2) is 20.9 Å². The highest BCUT2D eigenvalue weighted by atomic mass is 28.4. The number of carbonyl (C=O) groups is 1. The van der Waals surface area contributed by atoms with E-state index >= 15 is 0 Å². The van der Waals surface area contributed by atoms with Gasteiger partial charge in [-0.15, -0.1) is 0 Å². The van der Waals surface area contributed by atoms with Crippen molar-refractivity contribution >= 4 is 14.3 Å². The van der Waals surface area contributed by atoms with Crippen LogP contribution in [0.25, 0.3) is 0 Å². The van der Waals surface area contributed by atoms with Gasteiger partial charge in [-0.2, -0.15) is 0 Å². The van der Waals surface area contributed by atoms with Crippen molar-refractivity contribution in [2.75, 3.05) is 7.11 Å². The molecule has 0 aromatic rings. The van der Waals surface area contributed by atoms with Crippen LogP contribution in [0, 0.1) is 17.3 Å². The Bertz CT molecular complexity index is 728. The fourth-order valence-electron chi connectivity index (χ4n) is 7.45. The zero-order valence-electron chi connectivity index (χ0n) is 20.5. The molecule has 2 aliphatic heterocycles. The SMILES string of the molecule is C=C1C(C2(C(=O)O)CCCCC2)[C@@H]2C[C@H]1[C@@]1(O[Si](CC)(CC)C(C)C)C[C@@H](OC)O[C@H]1O2. The molecule has 0 radical (unpaired) electrons.